The summed E-state index contributed by atoms with van der Waals surface area (Å²) >= 11 is 0. The van der Waals surface area contributed by atoms with Crippen molar-refractivity contribution in [2.75, 3.05) is 19.8 Å². The van der Waals surface area contributed by atoms with Crippen LogP contribution in [-0.4, -0.2) is 51.4 Å². The number of nitrogens with zero attached hydrogens (tertiary/aromatic N) is 1. The van der Waals surface area contributed by atoms with Crippen LogP contribution in [0.15, 0.2) is 64.6 Å². The highest BCUT2D eigenvalue weighted by atomic mass is 32.2. The van der Waals surface area contributed by atoms with Crippen LogP contribution in [-0.2, 0) is 30.8 Å². The van der Waals surface area contributed by atoms with E-state index < -0.39 is 21.7 Å². The quantitative estimate of drug-likeness (QED) is 0.661. The van der Waals surface area contributed by atoms with Crippen molar-refractivity contribution in [2.24, 2.45) is 5.16 Å². The fraction of sp³-hybridized carbons (Fsp3) is 0.391. The minimum atomic E-state index is -3.77. The fourth-order valence-corrected chi connectivity index (χ4v) is 5.40. The number of carbonyl (C=O) groups excluding carboxylic acids is 1. The van der Waals surface area contributed by atoms with Crippen molar-refractivity contribution in [3.63, 3.8) is 0 Å². The van der Waals surface area contributed by atoms with E-state index in [1.54, 1.807) is 18.2 Å². The number of benzene rings is 2. The first-order chi connectivity index (χ1) is 15.4. The highest BCUT2D eigenvalue weighted by molar-refractivity contribution is 7.89. The third kappa shape index (κ3) is 5.01. The minimum Gasteiger partial charge on any atom is -0.384 e. The van der Waals surface area contributed by atoms with Crippen LogP contribution in [0.1, 0.15) is 24.0 Å². The molecule has 32 heavy (non-hydrogen) atoms. The molecule has 1 saturated heterocycles. The zero-order chi connectivity index (χ0) is 22.6. The summed E-state index contributed by atoms with van der Waals surface area (Å²) in [6, 6.07) is 16.0. The van der Waals surface area contributed by atoms with Crippen molar-refractivity contribution in [3.8, 4) is 0 Å². The Kier molecular flexibility index (Phi) is 6.59. The number of hydrogen-bond acceptors (Lipinski definition) is 6. The van der Waals surface area contributed by atoms with Gasteiger partial charge >= 0.3 is 0 Å². The molecular formula is C23H27N3O5S. The maximum Gasteiger partial charge on any atom is 0.269 e. The van der Waals surface area contributed by atoms with Gasteiger partial charge in [0.1, 0.15) is 5.71 Å². The van der Waals surface area contributed by atoms with Crippen LogP contribution in [0.2, 0.25) is 0 Å². The molecule has 2 aliphatic rings. The molecule has 2 atom stereocenters. The van der Waals surface area contributed by atoms with Crippen LogP contribution in [0, 0.1) is 6.92 Å². The maximum atomic E-state index is 13.0. The Labute approximate surface area is 188 Å². The van der Waals surface area contributed by atoms with Gasteiger partial charge in [0, 0.05) is 19.6 Å². The predicted molar refractivity (Wildman–Crippen MR) is 120 cm³/mol. The fourth-order valence-electron chi connectivity index (χ4n) is 3.96. The first kappa shape index (κ1) is 22.4. The summed E-state index contributed by atoms with van der Waals surface area (Å²) in [5.74, 6) is -0.316. The molecule has 4 rings (SSSR count). The Morgan fingerprint density at radius 2 is 2.00 bits per heavy atom. The van der Waals surface area contributed by atoms with Crippen molar-refractivity contribution >= 4 is 21.6 Å². The monoisotopic (exact) mass is 457 g/mol. The van der Waals surface area contributed by atoms with Gasteiger partial charge in [-0.2, -0.15) is 0 Å². The van der Waals surface area contributed by atoms with E-state index in [1.807, 2.05) is 43.3 Å². The highest BCUT2D eigenvalue weighted by Gasteiger charge is 2.51. The average Bonchev–Trinajstić information content (AvgIpc) is 3.21. The van der Waals surface area contributed by atoms with Gasteiger partial charge in [0.05, 0.1) is 17.5 Å². The third-order valence-electron chi connectivity index (χ3n) is 5.74. The molecule has 9 heteroatoms. The van der Waals surface area contributed by atoms with Crippen LogP contribution in [0.3, 0.4) is 0 Å². The second-order valence-corrected chi connectivity index (χ2v) is 9.91. The number of amides is 1. The molecule has 2 unspecified atom stereocenters. The molecule has 2 N–H and O–H groups in total. The maximum absolute atomic E-state index is 13.0. The lowest BCUT2D eigenvalue weighted by molar-refractivity contribution is -0.126. The Bertz CT molecular complexity index is 1100. The molecule has 0 radical (unpaired) electrons. The SMILES string of the molecule is Cc1cccc(S(=O)(=O)NC2CCOCC23CC(C(=O)NCCc2ccccc2)=NO3)c1. The van der Waals surface area contributed by atoms with Gasteiger partial charge in [-0.3, -0.25) is 4.79 Å². The van der Waals surface area contributed by atoms with Crippen molar-refractivity contribution in [1.82, 2.24) is 10.0 Å². The van der Waals surface area contributed by atoms with E-state index in [1.165, 1.54) is 0 Å². The van der Waals surface area contributed by atoms with Gasteiger partial charge in [-0.1, -0.05) is 47.6 Å². The number of ether oxygens (including phenoxy) is 1. The zero-order valence-corrected chi connectivity index (χ0v) is 18.7. The molecule has 0 saturated carbocycles. The standard InChI is InChI=1S/C23H27N3O5S/c1-17-6-5-9-19(14-17)32(28,29)26-21-11-13-30-16-23(21)15-20(25-31-23)22(27)24-12-10-18-7-3-2-4-8-18/h2-9,14,21,26H,10-13,15-16H2,1H3,(H,24,27). The van der Waals surface area contributed by atoms with Gasteiger partial charge < -0.3 is 14.9 Å². The van der Waals surface area contributed by atoms with Crippen molar-refractivity contribution in [1.29, 1.82) is 0 Å². The summed E-state index contributed by atoms with van der Waals surface area (Å²) in [6.07, 6.45) is 1.29. The van der Waals surface area contributed by atoms with Crippen molar-refractivity contribution in [2.45, 2.75) is 42.7 Å². The average molecular weight is 458 g/mol. The van der Waals surface area contributed by atoms with E-state index in [9.17, 15) is 13.2 Å². The summed E-state index contributed by atoms with van der Waals surface area (Å²) in [5.41, 5.74) is 1.18. The molecule has 2 aromatic rings. The van der Waals surface area contributed by atoms with Gasteiger partial charge in [0.15, 0.2) is 5.60 Å². The predicted octanol–water partition coefficient (Wildman–Crippen LogP) is 1.94. The Hall–Kier alpha value is -2.75. The minimum absolute atomic E-state index is 0.151. The second-order valence-electron chi connectivity index (χ2n) is 8.19. The lowest BCUT2D eigenvalue weighted by atomic mass is 9.86. The summed E-state index contributed by atoms with van der Waals surface area (Å²) < 4.78 is 34.3. The Morgan fingerprint density at radius 1 is 1.19 bits per heavy atom. The van der Waals surface area contributed by atoms with E-state index in [2.05, 4.69) is 15.2 Å². The molecule has 0 bridgehead atoms. The number of oxime groups is 1. The first-order valence-corrected chi connectivity index (χ1v) is 12.1. The number of nitrogens with one attached hydrogen (secondary N) is 2. The molecule has 1 spiro atoms. The molecule has 170 valence electrons. The lowest BCUT2D eigenvalue weighted by Crippen LogP contribution is -2.58. The van der Waals surface area contributed by atoms with Gasteiger partial charge in [-0.15, -0.1) is 0 Å². The normalized spacial score (nSPS) is 22.9. The molecule has 2 aliphatic heterocycles. The van der Waals surface area contributed by atoms with E-state index in [-0.39, 0.29) is 29.5 Å². The molecule has 8 nitrogen and oxygen atoms in total. The van der Waals surface area contributed by atoms with E-state index in [4.69, 9.17) is 9.57 Å². The van der Waals surface area contributed by atoms with E-state index in [0.29, 0.717) is 26.0 Å². The van der Waals surface area contributed by atoms with Crippen LogP contribution in [0.4, 0.5) is 0 Å². The van der Waals surface area contributed by atoms with Crippen LogP contribution >= 0.6 is 0 Å². The van der Waals surface area contributed by atoms with E-state index in [0.717, 1.165) is 11.1 Å². The highest BCUT2D eigenvalue weighted by Crippen LogP contribution is 2.34. The first-order valence-electron chi connectivity index (χ1n) is 10.6. The number of hydrogen-bond donors (Lipinski definition) is 2. The van der Waals surface area contributed by atoms with Crippen LogP contribution in [0.5, 0.6) is 0 Å². The van der Waals surface area contributed by atoms with Crippen LogP contribution in [0.25, 0.3) is 0 Å². The third-order valence-corrected chi connectivity index (χ3v) is 7.21. The lowest BCUT2D eigenvalue weighted by Gasteiger charge is -2.38. The number of aryl methyl sites for hydroxylation is 1. The topological polar surface area (TPSA) is 106 Å². The van der Waals surface area contributed by atoms with Crippen LogP contribution < -0.4 is 10.0 Å². The van der Waals surface area contributed by atoms with Gasteiger partial charge in [0.25, 0.3) is 5.91 Å². The number of sulfonamides is 1. The van der Waals surface area contributed by atoms with Crippen molar-refractivity contribution in [3.05, 3.63) is 65.7 Å². The molecule has 0 aromatic heterocycles. The summed E-state index contributed by atoms with van der Waals surface area (Å²) in [4.78, 5) is 18.5. The van der Waals surface area contributed by atoms with Crippen molar-refractivity contribution < 1.29 is 22.8 Å². The zero-order valence-electron chi connectivity index (χ0n) is 17.9. The summed E-state index contributed by atoms with van der Waals surface area (Å²) in [5, 5.41) is 6.86. The molecular weight excluding hydrogens is 430 g/mol. The number of rotatable bonds is 7. The second kappa shape index (κ2) is 9.40. The number of carbonyl (C=O) groups is 1. The Balaban J connectivity index is 1.39. The summed E-state index contributed by atoms with van der Waals surface area (Å²) in [6.45, 7) is 2.85. The van der Waals surface area contributed by atoms with Gasteiger partial charge in [-0.05, 0) is 43.0 Å². The molecule has 2 aromatic carbocycles. The molecule has 1 fully saturated rings. The van der Waals surface area contributed by atoms with Gasteiger partial charge in [-0.25, -0.2) is 13.1 Å². The largest absolute Gasteiger partial charge is 0.384 e. The smallest absolute Gasteiger partial charge is 0.269 e. The van der Waals surface area contributed by atoms with Gasteiger partial charge in [0.2, 0.25) is 10.0 Å². The molecule has 2 heterocycles. The molecule has 0 aliphatic carbocycles. The molecule has 1 amide bonds. The van der Waals surface area contributed by atoms with E-state index >= 15 is 0 Å². The Morgan fingerprint density at radius 3 is 2.78 bits per heavy atom. The summed E-state index contributed by atoms with van der Waals surface area (Å²) in [7, 11) is -3.77.